The molecule has 0 atom stereocenters. The minimum Gasteiger partial charge on any atom is -0.476 e. The summed E-state index contributed by atoms with van der Waals surface area (Å²) in [6.07, 6.45) is 0.757. The summed E-state index contributed by atoms with van der Waals surface area (Å²) >= 11 is 0. The van der Waals surface area contributed by atoms with E-state index in [1.54, 1.807) is 20.8 Å². The van der Waals surface area contributed by atoms with Crippen LogP contribution in [0.3, 0.4) is 0 Å². The van der Waals surface area contributed by atoms with Crippen LogP contribution in [0.2, 0.25) is 0 Å². The second kappa shape index (κ2) is 10.8. The van der Waals surface area contributed by atoms with Crippen molar-refractivity contribution >= 4 is 11.9 Å². The number of carbonyl (C=O) groups is 2. The molecule has 0 aliphatic rings. The number of hydrogen-bond acceptors (Lipinski definition) is 4. The van der Waals surface area contributed by atoms with E-state index < -0.39 is 5.60 Å². The van der Waals surface area contributed by atoms with Gasteiger partial charge in [0, 0.05) is 12.1 Å². The molecular formula is C28H31NO4. The molecule has 3 aromatic carbocycles. The minimum absolute atomic E-state index is 0.0521. The molecule has 172 valence electrons. The monoisotopic (exact) mass is 445 g/mol. The highest BCUT2D eigenvalue weighted by molar-refractivity contribution is 5.94. The molecule has 0 spiro atoms. The Balaban J connectivity index is 1.54. The number of aryl methyl sites for hydroxylation is 1. The summed E-state index contributed by atoms with van der Waals surface area (Å²) < 4.78 is 10.9. The van der Waals surface area contributed by atoms with Gasteiger partial charge in [-0.15, -0.1) is 0 Å². The SMILES string of the molecule is CCOC(=O)C(C)(C)Oc1ccc(-c2ccc(CCNC(=O)c3cccc(C)c3)cc2)cc1. The van der Waals surface area contributed by atoms with Crippen molar-refractivity contribution in [2.75, 3.05) is 13.2 Å². The molecule has 3 aromatic rings. The van der Waals surface area contributed by atoms with Crippen LogP contribution in [0.25, 0.3) is 11.1 Å². The minimum atomic E-state index is -1.05. The van der Waals surface area contributed by atoms with Gasteiger partial charge in [0.1, 0.15) is 5.75 Å². The lowest BCUT2D eigenvalue weighted by molar-refractivity contribution is -0.158. The summed E-state index contributed by atoms with van der Waals surface area (Å²) in [5.74, 6) is 0.168. The molecule has 0 aromatic heterocycles. The third-order valence-corrected chi connectivity index (χ3v) is 5.26. The molecule has 33 heavy (non-hydrogen) atoms. The van der Waals surface area contributed by atoms with E-state index in [1.807, 2.05) is 55.5 Å². The first kappa shape index (κ1) is 24.1. The smallest absolute Gasteiger partial charge is 0.349 e. The Bertz CT molecular complexity index is 1090. The normalized spacial score (nSPS) is 11.0. The van der Waals surface area contributed by atoms with Gasteiger partial charge in [-0.3, -0.25) is 4.79 Å². The van der Waals surface area contributed by atoms with Gasteiger partial charge in [-0.05, 0) is 75.1 Å². The fourth-order valence-corrected chi connectivity index (χ4v) is 3.43. The third kappa shape index (κ3) is 6.69. The summed E-state index contributed by atoms with van der Waals surface area (Å²) in [4.78, 5) is 24.3. The number of esters is 1. The highest BCUT2D eigenvalue weighted by Gasteiger charge is 2.31. The summed E-state index contributed by atoms with van der Waals surface area (Å²) in [6, 6.07) is 23.5. The second-order valence-corrected chi connectivity index (χ2v) is 8.43. The Hall–Kier alpha value is -3.60. The fourth-order valence-electron chi connectivity index (χ4n) is 3.43. The Kier molecular flexibility index (Phi) is 7.88. The van der Waals surface area contributed by atoms with Gasteiger partial charge < -0.3 is 14.8 Å². The van der Waals surface area contributed by atoms with Gasteiger partial charge in [-0.2, -0.15) is 0 Å². The molecule has 0 bridgehead atoms. The zero-order valence-electron chi connectivity index (χ0n) is 19.7. The first-order valence-corrected chi connectivity index (χ1v) is 11.2. The number of benzene rings is 3. The average molecular weight is 446 g/mol. The second-order valence-electron chi connectivity index (χ2n) is 8.43. The van der Waals surface area contributed by atoms with Crippen LogP contribution in [-0.4, -0.2) is 30.6 Å². The van der Waals surface area contributed by atoms with Gasteiger partial charge in [0.05, 0.1) is 6.61 Å². The van der Waals surface area contributed by atoms with E-state index in [-0.39, 0.29) is 11.9 Å². The van der Waals surface area contributed by atoms with Crippen molar-refractivity contribution in [3.8, 4) is 16.9 Å². The van der Waals surface area contributed by atoms with Crippen molar-refractivity contribution in [3.05, 3.63) is 89.5 Å². The Labute approximate surface area is 195 Å². The lowest BCUT2D eigenvalue weighted by Gasteiger charge is -2.24. The van der Waals surface area contributed by atoms with Crippen LogP contribution in [0.15, 0.2) is 72.8 Å². The third-order valence-electron chi connectivity index (χ3n) is 5.26. The molecule has 5 heteroatoms. The quantitative estimate of drug-likeness (QED) is 0.451. The number of hydrogen-bond donors (Lipinski definition) is 1. The topological polar surface area (TPSA) is 64.6 Å². The van der Waals surface area contributed by atoms with Crippen molar-refractivity contribution < 1.29 is 19.1 Å². The van der Waals surface area contributed by atoms with Gasteiger partial charge in [0.25, 0.3) is 5.91 Å². The van der Waals surface area contributed by atoms with Gasteiger partial charge in [-0.25, -0.2) is 4.79 Å². The van der Waals surface area contributed by atoms with E-state index >= 15 is 0 Å². The summed E-state index contributed by atoms with van der Waals surface area (Å²) in [6.45, 7) is 8.04. The molecule has 0 aliphatic carbocycles. The van der Waals surface area contributed by atoms with Crippen LogP contribution in [0.5, 0.6) is 5.75 Å². The predicted molar refractivity (Wildman–Crippen MR) is 130 cm³/mol. The lowest BCUT2D eigenvalue weighted by atomic mass is 10.0. The van der Waals surface area contributed by atoms with E-state index in [2.05, 4.69) is 29.6 Å². The number of carbonyl (C=O) groups excluding carboxylic acids is 2. The van der Waals surface area contributed by atoms with Gasteiger partial charge in [-0.1, -0.05) is 54.1 Å². The summed E-state index contributed by atoms with van der Waals surface area (Å²) in [7, 11) is 0. The Morgan fingerprint density at radius 3 is 2.15 bits per heavy atom. The Morgan fingerprint density at radius 2 is 1.55 bits per heavy atom. The lowest BCUT2D eigenvalue weighted by Crippen LogP contribution is -2.39. The molecular weight excluding hydrogens is 414 g/mol. The zero-order chi connectivity index (χ0) is 23.8. The standard InChI is InChI=1S/C28H31NO4/c1-5-32-27(31)28(3,4)33-25-15-13-23(14-16-25)22-11-9-21(10-12-22)17-18-29-26(30)24-8-6-7-20(2)19-24/h6-16,19H,5,17-18H2,1-4H3,(H,29,30). The van der Waals surface area contributed by atoms with Crippen molar-refractivity contribution in [1.29, 1.82) is 0 Å². The van der Waals surface area contributed by atoms with Gasteiger partial charge in [0.15, 0.2) is 5.60 Å². The summed E-state index contributed by atoms with van der Waals surface area (Å²) in [5.41, 5.74) is 3.99. The molecule has 0 aliphatic heterocycles. The molecule has 0 saturated carbocycles. The molecule has 5 nitrogen and oxygen atoms in total. The van der Waals surface area contributed by atoms with Crippen LogP contribution in [0, 0.1) is 6.92 Å². The molecule has 1 amide bonds. The van der Waals surface area contributed by atoms with Crippen LogP contribution < -0.4 is 10.1 Å². The maximum Gasteiger partial charge on any atom is 0.349 e. The summed E-state index contributed by atoms with van der Waals surface area (Å²) in [5, 5.41) is 2.98. The van der Waals surface area contributed by atoms with Gasteiger partial charge >= 0.3 is 5.97 Å². The highest BCUT2D eigenvalue weighted by atomic mass is 16.6. The van der Waals surface area contributed by atoms with Crippen LogP contribution in [0.1, 0.15) is 42.3 Å². The molecule has 0 radical (unpaired) electrons. The first-order chi connectivity index (χ1) is 15.8. The maximum atomic E-state index is 12.3. The Morgan fingerprint density at radius 1 is 0.909 bits per heavy atom. The molecule has 1 N–H and O–H groups in total. The average Bonchev–Trinajstić information content (AvgIpc) is 2.80. The predicted octanol–water partition coefficient (Wildman–Crippen LogP) is 5.36. The first-order valence-electron chi connectivity index (χ1n) is 11.2. The van der Waals surface area contributed by atoms with Crippen LogP contribution in [0.4, 0.5) is 0 Å². The molecule has 3 rings (SSSR count). The van der Waals surface area contributed by atoms with Crippen LogP contribution in [-0.2, 0) is 16.0 Å². The van der Waals surface area contributed by atoms with Gasteiger partial charge in [0.2, 0.25) is 0 Å². The largest absolute Gasteiger partial charge is 0.476 e. The molecule has 0 heterocycles. The van der Waals surface area contributed by atoms with Crippen molar-refractivity contribution in [1.82, 2.24) is 5.32 Å². The van der Waals surface area contributed by atoms with Crippen molar-refractivity contribution in [2.45, 2.75) is 39.7 Å². The van der Waals surface area contributed by atoms with Crippen molar-refractivity contribution in [3.63, 3.8) is 0 Å². The molecule has 0 saturated heterocycles. The number of rotatable bonds is 9. The molecule has 0 unspecified atom stereocenters. The van der Waals surface area contributed by atoms with E-state index in [0.29, 0.717) is 24.5 Å². The number of amides is 1. The highest BCUT2D eigenvalue weighted by Crippen LogP contribution is 2.25. The number of nitrogens with one attached hydrogen (secondary N) is 1. The maximum absolute atomic E-state index is 12.3. The van der Waals surface area contributed by atoms with Crippen LogP contribution >= 0.6 is 0 Å². The fraction of sp³-hybridized carbons (Fsp3) is 0.286. The van der Waals surface area contributed by atoms with E-state index in [1.165, 1.54) is 0 Å². The van der Waals surface area contributed by atoms with E-state index in [9.17, 15) is 9.59 Å². The van der Waals surface area contributed by atoms with Crippen molar-refractivity contribution in [2.24, 2.45) is 0 Å². The van der Waals surface area contributed by atoms with E-state index in [0.717, 1.165) is 28.7 Å². The molecule has 0 fully saturated rings. The van der Waals surface area contributed by atoms with E-state index in [4.69, 9.17) is 9.47 Å². The number of ether oxygens (including phenoxy) is 2. The zero-order valence-corrected chi connectivity index (χ0v) is 19.7.